The van der Waals surface area contributed by atoms with Crippen LogP contribution < -0.4 is 15.4 Å². The van der Waals surface area contributed by atoms with Crippen molar-refractivity contribution in [3.8, 4) is 17.1 Å². The van der Waals surface area contributed by atoms with Crippen LogP contribution in [0.1, 0.15) is 18.5 Å². The Hall–Kier alpha value is -3.81. The summed E-state index contributed by atoms with van der Waals surface area (Å²) in [6, 6.07) is 21.5. The first-order chi connectivity index (χ1) is 16.9. The van der Waals surface area contributed by atoms with Crippen molar-refractivity contribution < 1.29 is 9.53 Å². The number of nitrogens with one attached hydrogen (secondary N) is 2. The van der Waals surface area contributed by atoms with Gasteiger partial charge in [-0.2, -0.15) is 4.98 Å². The summed E-state index contributed by atoms with van der Waals surface area (Å²) in [7, 11) is 1.60. The summed E-state index contributed by atoms with van der Waals surface area (Å²) >= 11 is 12.5. The number of amides is 1. The van der Waals surface area contributed by atoms with Crippen LogP contribution in [-0.4, -0.2) is 27.8 Å². The molecule has 3 aromatic carbocycles. The molecule has 1 aliphatic heterocycles. The minimum absolute atomic E-state index is 0.249. The summed E-state index contributed by atoms with van der Waals surface area (Å²) in [5.41, 5.74) is 3.33. The quantitative estimate of drug-likeness (QED) is 0.338. The molecule has 1 amide bonds. The van der Waals surface area contributed by atoms with E-state index >= 15 is 0 Å². The summed E-state index contributed by atoms with van der Waals surface area (Å²) in [6.45, 7) is 1.85. The highest BCUT2D eigenvalue weighted by molar-refractivity contribution is 6.36. The predicted molar refractivity (Wildman–Crippen MR) is 138 cm³/mol. The molecule has 0 spiro atoms. The molecule has 35 heavy (non-hydrogen) atoms. The number of aromatic nitrogens is 3. The van der Waals surface area contributed by atoms with E-state index in [4.69, 9.17) is 33.0 Å². The Balaban J connectivity index is 1.63. The SMILES string of the molecule is COc1cccc(C2C(C(=O)Nc3ccccc3)=C(C)Nc3nc(-c4ccc(Cl)cc4Cl)nn32)c1. The van der Waals surface area contributed by atoms with E-state index in [1.54, 1.807) is 30.0 Å². The van der Waals surface area contributed by atoms with Crippen LogP contribution in [0.4, 0.5) is 11.6 Å². The first kappa shape index (κ1) is 23.0. The van der Waals surface area contributed by atoms with Crippen molar-refractivity contribution in [3.05, 3.63) is 99.7 Å². The average Bonchev–Trinajstić information content (AvgIpc) is 3.26. The lowest BCUT2D eigenvalue weighted by atomic mass is 9.95. The van der Waals surface area contributed by atoms with Gasteiger partial charge >= 0.3 is 0 Å². The summed E-state index contributed by atoms with van der Waals surface area (Å²) in [5.74, 6) is 1.33. The van der Waals surface area contributed by atoms with Crippen molar-refractivity contribution in [3.63, 3.8) is 0 Å². The van der Waals surface area contributed by atoms with Crippen LogP contribution in [0, 0.1) is 0 Å². The number of allylic oxidation sites excluding steroid dienone is 1. The molecular weight excluding hydrogens is 485 g/mol. The lowest BCUT2D eigenvalue weighted by Gasteiger charge is -2.28. The first-order valence-corrected chi connectivity index (χ1v) is 11.6. The van der Waals surface area contributed by atoms with Crippen molar-refractivity contribution >= 4 is 40.7 Å². The van der Waals surface area contributed by atoms with Crippen LogP contribution >= 0.6 is 23.2 Å². The molecule has 0 radical (unpaired) electrons. The summed E-state index contributed by atoms with van der Waals surface area (Å²) < 4.78 is 7.14. The van der Waals surface area contributed by atoms with Gasteiger partial charge in [-0.25, -0.2) is 4.68 Å². The number of methoxy groups -OCH3 is 1. The maximum Gasteiger partial charge on any atom is 0.255 e. The van der Waals surface area contributed by atoms with Crippen molar-refractivity contribution in [1.29, 1.82) is 0 Å². The zero-order chi connectivity index (χ0) is 24.5. The average molecular weight is 506 g/mol. The third-order valence-electron chi connectivity index (χ3n) is 5.71. The molecule has 5 rings (SSSR count). The molecule has 0 aliphatic carbocycles. The monoisotopic (exact) mass is 505 g/mol. The maximum absolute atomic E-state index is 13.6. The number of para-hydroxylation sites is 1. The molecule has 2 N–H and O–H groups in total. The van der Waals surface area contributed by atoms with E-state index in [1.165, 1.54) is 0 Å². The normalized spacial score (nSPS) is 14.8. The molecule has 1 aromatic heterocycles. The highest BCUT2D eigenvalue weighted by Gasteiger charge is 2.35. The Bertz CT molecular complexity index is 1450. The molecule has 0 saturated carbocycles. The van der Waals surface area contributed by atoms with Gasteiger partial charge in [-0.3, -0.25) is 4.79 Å². The molecular formula is C26H21Cl2N5O2. The molecule has 0 fully saturated rings. The summed E-state index contributed by atoms with van der Waals surface area (Å²) in [6.07, 6.45) is 0. The molecule has 176 valence electrons. The molecule has 7 nitrogen and oxygen atoms in total. The number of carbonyl (C=O) groups excluding carboxylic acids is 1. The van der Waals surface area contributed by atoms with Crippen LogP contribution in [0.2, 0.25) is 10.0 Å². The van der Waals surface area contributed by atoms with Gasteiger partial charge in [0.15, 0.2) is 5.82 Å². The highest BCUT2D eigenvalue weighted by Crippen LogP contribution is 2.38. The third-order valence-corrected chi connectivity index (χ3v) is 6.26. The van der Waals surface area contributed by atoms with Gasteiger partial charge in [-0.05, 0) is 55.0 Å². The lowest BCUT2D eigenvalue weighted by molar-refractivity contribution is -0.113. The van der Waals surface area contributed by atoms with E-state index in [0.29, 0.717) is 50.1 Å². The Morgan fingerprint density at radius 2 is 1.86 bits per heavy atom. The number of nitrogens with zero attached hydrogens (tertiary/aromatic N) is 3. The number of carbonyl (C=O) groups is 1. The smallest absolute Gasteiger partial charge is 0.255 e. The Kier molecular flexibility index (Phi) is 6.19. The Morgan fingerprint density at radius 1 is 1.06 bits per heavy atom. The second-order valence-electron chi connectivity index (χ2n) is 7.99. The third kappa shape index (κ3) is 4.48. The predicted octanol–water partition coefficient (Wildman–Crippen LogP) is 6.19. The number of hydrogen-bond acceptors (Lipinski definition) is 5. The van der Waals surface area contributed by atoms with Crippen LogP contribution in [0.25, 0.3) is 11.4 Å². The van der Waals surface area contributed by atoms with Gasteiger partial charge in [-0.15, -0.1) is 5.10 Å². The zero-order valence-corrected chi connectivity index (χ0v) is 20.4. The van der Waals surface area contributed by atoms with Gasteiger partial charge in [0.1, 0.15) is 11.8 Å². The molecule has 0 saturated heterocycles. The Labute approximate surface area is 212 Å². The van der Waals surface area contributed by atoms with Crippen LogP contribution in [0.3, 0.4) is 0 Å². The largest absolute Gasteiger partial charge is 0.497 e. The van der Waals surface area contributed by atoms with Gasteiger partial charge in [-0.1, -0.05) is 53.5 Å². The van der Waals surface area contributed by atoms with E-state index < -0.39 is 6.04 Å². The van der Waals surface area contributed by atoms with E-state index in [0.717, 1.165) is 5.56 Å². The maximum atomic E-state index is 13.6. The highest BCUT2D eigenvalue weighted by atomic mass is 35.5. The van der Waals surface area contributed by atoms with Gasteiger partial charge < -0.3 is 15.4 Å². The molecule has 9 heteroatoms. The van der Waals surface area contributed by atoms with Gasteiger partial charge in [0.25, 0.3) is 5.91 Å². The standard InChI is InChI=1S/C26H21Cl2N5O2/c1-15-22(25(34)30-18-8-4-3-5-9-18)23(16-7-6-10-19(13-16)35-2)33-26(29-15)31-24(32-33)20-12-11-17(27)14-21(20)28/h3-14,23H,1-2H3,(H,30,34)(H,29,31,32). The minimum atomic E-state index is -0.558. The van der Waals surface area contributed by atoms with Crippen LogP contribution in [-0.2, 0) is 4.79 Å². The molecule has 1 aliphatic rings. The second kappa shape index (κ2) is 9.44. The molecule has 4 aromatic rings. The number of rotatable bonds is 5. The second-order valence-corrected chi connectivity index (χ2v) is 8.83. The molecule has 1 atom stereocenters. The fourth-order valence-corrected chi connectivity index (χ4v) is 4.56. The topological polar surface area (TPSA) is 81.1 Å². The number of benzene rings is 3. The van der Waals surface area contributed by atoms with Crippen LogP contribution in [0.15, 0.2) is 84.1 Å². The molecule has 0 bridgehead atoms. The molecule has 2 heterocycles. The Morgan fingerprint density at radius 3 is 2.60 bits per heavy atom. The van der Waals surface area contributed by atoms with Crippen molar-refractivity contribution in [2.24, 2.45) is 0 Å². The number of ether oxygens (including phenoxy) is 1. The fraction of sp³-hybridized carbons (Fsp3) is 0.115. The van der Waals surface area contributed by atoms with Crippen molar-refractivity contribution in [2.45, 2.75) is 13.0 Å². The first-order valence-electron chi connectivity index (χ1n) is 10.8. The number of anilines is 2. The zero-order valence-electron chi connectivity index (χ0n) is 18.9. The summed E-state index contributed by atoms with van der Waals surface area (Å²) in [4.78, 5) is 18.2. The summed E-state index contributed by atoms with van der Waals surface area (Å²) in [5, 5.41) is 11.9. The fourth-order valence-electron chi connectivity index (χ4n) is 4.07. The van der Waals surface area contributed by atoms with E-state index in [-0.39, 0.29) is 5.91 Å². The lowest BCUT2D eigenvalue weighted by Crippen LogP contribution is -2.31. The van der Waals surface area contributed by atoms with Crippen molar-refractivity contribution in [2.75, 3.05) is 17.7 Å². The number of fused-ring (bicyclic) bond motifs is 1. The van der Waals surface area contributed by atoms with E-state index in [1.807, 2.05) is 61.5 Å². The number of hydrogen-bond donors (Lipinski definition) is 2. The van der Waals surface area contributed by atoms with Crippen LogP contribution in [0.5, 0.6) is 5.75 Å². The van der Waals surface area contributed by atoms with Gasteiger partial charge in [0.05, 0.1) is 17.7 Å². The van der Waals surface area contributed by atoms with E-state index in [2.05, 4.69) is 15.6 Å². The van der Waals surface area contributed by atoms with Gasteiger partial charge in [0.2, 0.25) is 5.95 Å². The van der Waals surface area contributed by atoms with Crippen molar-refractivity contribution in [1.82, 2.24) is 14.8 Å². The minimum Gasteiger partial charge on any atom is -0.497 e. The van der Waals surface area contributed by atoms with Gasteiger partial charge in [0, 0.05) is 22.0 Å². The van der Waals surface area contributed by atoms with E-state index in [9.17, 15) is 4.79 Å². The number of halogens is 2. The molecule has 1 unspecified atom stereocenters.